The Hall–Kier alpha value is -2.16. The van der Waals surface area contributed by atoms with Gasteiger partial charge in [0.2, 0.25) is 0 Å². The van der Waals surface area contributed by atoms with Crippen LogP contribution in [-0.4, -0.2) is 126 Å². The van der Waals surface area contributed by atoms with E-state index in [-0.39, 0.29) is 37.3 Å². The highest BCUT2D eigenvalue weighted by Crippen LogP contribution is 2.44. The number of hydrogen-bond donors (Lipinski definition) is 2. The van der Waals surface area contributed by atoms with Crippen LogP contribution in [0.25, 0.3) is 0 Å². The molecule has 3 aliphatic heterocycles. The quantitative estimate of drug-likeness (QED) is 0.298. The molecule has 3 aliphatic rings. The highest BCUT2D eigenvalue weighted by molar-refractivity contribution is 6.04. The van der Waals surface area contributed by atoms with E-state index in [4.69, 9.17) is 29.4 Å². The molecule has 3 heterocycles. The summed E-state index contributed by atoms with van der Waals surface area (Å²) in [4.78, 5) is 59.7. The maximum atomic E-state index is 14.4. The number of nitrogens with zero attached hydrogens (tertiary/aromatic N) is 2. The largest absolute Gasteiger partial charge is 0.457 e. The number of aliphatic hydroxyl groups excluding tert-OH is 1. The van der Waals surface area contributed by atoms with E-state index in [9.17, 15) is 24.3 Å². The fourth-order valence-corrected chi connectivity index (χ4v) is 8.16. The van der Waals surface area contributed by atoms with Crippen LogP contribution in [-0.2, 0) is 38.1 Å². The summed E-state index contributed by atoms with van der Waals surface area (Å²) in [6.45, 7) is 17.2. The van der Waals surface area contributed by atoms with Crippen LogP contribution in [0.2, 0.25) is 0 Å². The molecule has 0 aliphatic carbocycles. The van der Waals surface area contributed by atoms with Gasteiger partial charge in [0.15, 0.2) is 17.7 Å². The van der Waals surface area contributed by atoms with Gasteiger partial charge >= 0.3 is 12.1 Å². The van der Waals surface area contributed by atoms with E-state index in [1.54, 1.807) is 48.5 Å². The highest BCUT2D eigenvalue weighted by Gasteiger charge is 2.62. The summed E-state index contributed by atoms with van der Waals surface area (Å²) in [6.07, 6.45) is -4.16. The normalized spacial score (nSPS) is 42.2. The lowest BCUT2D eigenvalue weighted by Crippen LogP contribution is -2.61. The van der Waals surface area contributed by atoms with Crippen LogP contribution in [0.1, 0.15) is 88.5 Å². The minimum absolute atomic E-state index is 0.122. The number of cyclic esters (lactones) is 1. The number of aliphatic hydroxyl groups is 1. The van der Waals surface area contributed by atoms with E-state index in [0.717, 1.165) is 0 Å². The van der Waals surface area contributed by atoms with Gasteiger partial charge in [0.1, 0.15) is 23.4 Å². The smallest absolute Gasteiger partial charge is 0.411 e. The van der Waals surface area contributed by atoms with E-state index < -0.39 is 88.9 Å². The van der Waals surface area contributed by atoms with E-state index in [1.165, 1.54) is 25.9 Å². The number of carbonyl (C=O) groups is 4. The number of carbonyl (C=O) groups excluding carboxylic acids is 4. The van der Waals surface area contributed by atoms with Gasteiger partial charge in [-0.05, 0) is 74.9 Å². The molecule has 0 aromatic rings. The SMILES string of the molecule is CC[C@H]1OC(=O)C(C)(C)C(=O)[C@H](C)C(OC2OC(C)CC(N(C)C)C2O)C(C)(OC)C[C@@H](C)C(=O)C(C)C2N(C(C)CN)C(=O)OC21C. The number of Topliss-reactive ketones (excluding diaryl/α,β-unsaturated/α-hetero) is 2. The fraction of sp³-hybridized carbons (Fsp3) is 0.886. The predicted molar refractivity (Wildman–Crippen MR) is 178 cm³/mol. The number of fused-ring (bicyclic) bond motifs is 1. The lowest BCUT2D eigenvalue weighted by Gasteiger charge is -2.47. The maximum absolute atomic E-state index is 14.4. The fourth-order valence-electron chi connectivity index (χ4n) is 8.16. The van der Waals surface area contributed by atoms with Crippen LogP contribution in [0.3, 0.4) is 0 Å². The Morgan fingerprint density at radius 1 is 1.06 bits per heavy atom. The topological polar surface area (TPSA) is 167 Å². The highest BCUT2D eigenvalue weighted by atomic mass is 16.7. The van der Waals surface area contributed by atoms with Gasteiger partial charge in [0.05, 0.1) is 23.9 Å². The first-order chi connectivity index (χ1) is 22.1. The number of methoxy groups -OCH3 is 1. The second kappa shape index (κ2) is 15.0. The van der Waals surface area contributed by atoms with Crippen molar-refractivity contribution >= 4 is 23.6 Å². The summed E-state index contributed by atoms with van der Waals surface area (Å²) in [5, 5.41) is 11.4. The third kappa shape index (κ3) is 7.32. The lowest BCUT2D eigenvalue weighted by atomic mass is 9.71. The standard InChI is InChI=1S/C35H61N3O10/c1-14-24-35(10)27(38(19(3)17-36)32(43)48-35)21(5)25(39)18(2)16-34(9,44-13)29(22(6)28(41)33(7,8)31(42)46-24)47-30-26(40)23(37(11)12)15-20(4)45-30/h18-24,26-27,29-30,40H,14-17,36H2,1-13H3/t18-,19?,20?,21?,22+,23?,24-,26?,27?,29?,30?,34?,35?/m1/s1. The molecule has 1 amide bonds. The molecule has 276 valence electrons. The average molecular weight is 684 g/mol. The molecule has 0 bridgehead atoms. The summed E-state index contributed by atoms with van der Waals surface area (Å²) in [6, 6.07) is -1.58. The van der Waals surface area contributed by atoms with Crippen molar-refractivity contribution in [2.75, 3.05) is 27.7 Å². The molecule has 3 rings (SSSR count). The molecule has 48 heavy (non-hydrogen) atoms. The first kappa shape index (κ1) is 40.3. The van der Waals surface area contributed by atoms with Gasteiger partial charge in [0.25, 0.3) is 0 Å². The molecule has 13 heteroatoms. The van der Waals surface area contributed by atoms with Crippen molar-refractivity contribution in [2.24, 2.45) is 28.9 Å². The number of amides is 1. The van der Waals surface area contributed by atoms with Gasteiger partial charge < -0.3 is 39.4 Å². The Kier molecular flexibility index (Phi) is 12.6. The van der Waals surface area contributed by atoms with Gasteiger partial charge in [-0.1, -0.05) is 27.7 Å². The summed E-state index contributed by atoms with van der Waals surface area (Å²) in [7, 11) is 5.22. The van der Waals surface area contributed by atoms with Gasteiger partial charge in [-0.15, -0.1) is 0 Å². The van der Waals surface area contributed by atoms with Gasteiger partial charge in [-0.2, -0.15) is 0 Å². The zero-order valence-corrected chi connectivity index (χ0v) is 31.3. The molecule has 10 unspecified atom stereocenters. The van der Waals surface area contributed by atoms with Crippen LogP contribution in [0.4, 0.5) is 4.79 Å². The molecule has 0 aromatic carbocycles. The Bertz CT molecular complexity index is 1200. The van der Waals surface area contributed by atoms with Crippen molar-refractivity contribution in [3.63, 3.8) is 0 Å². The van der Waals surface area contributed by atoms with Crippen molar-refractivity contribution < 1.29 is 48.0 Å². The van der Waals surface area contributed by atoms with Crippen molar-refractivity contribution in [1.82, 2.24) is 9.80 Å². The molecule has 0 spiro atoms. The number of nitrogens with two attached hydrogens (primary N) is 1. The van der Waals surface area contributed by atoms with Crippen molar-refractivity contribution in [3.05, 3.63) is 0 Å². The van der Waals surface area contributed by atoms with Gasteiger partial charge in [0, 0.05) is 43.5 Å². The van der Waals surface area contributed by atoms with Gasteiger partial charge in [-0.3, -0.25) is 19.3 Å². The number of likely N-dealkylation sites (N-methyl/N-ethyl adjacent to an activating group) is 1. The van der Waals surface area contributed by atoms with Gasteiger partial charge in [-0.25, -0.2) is 4.79 Å². The molecule has 0 saturated carbocycles. The average Bonchev–Trinajstić information content (AvgIpc) is 3.30. The third-order valence-corrected chi connectivity index (χ3v) is 11.2. The second-order valence-corrected chi connectivity index (χ2v) is 15.5. The summed E-state index contributed by atoms with van der Waals surface area (Å²) < 4.78 is 30.9. The number of rotatable bonds is 7. The molecule has 0 radical (unpaired) electrons. The lowest BCUT2D eigenvalue weighted by molar-refractivity contribution is -0.295. The number of ketones is 2. The molecule has 13 nitrogen and oxygen atoms in total. The Labute approximate surface area is 286 Å². The van der Waals surface area contributed by atoms with Crippen LogP contribution < -0.4 is 5.73 Å². The van der Waals surface area contributed by atoms with E-state index in [0.29, 0.717) is 6.42 Å². The molecule has 3 N–H and O–H groups in total. The zero-order chi connectivity index (χ0) is 36.7. The Balaban J connectivity index is 2.20. The summed E-state index contributed by atoms with van der Waals surface area (Å²) >= 11 is 0. The molecule has 13 atom stereocenters. The van der Waals surface area contributed by atoms with Crippen molar-refractivity contribution in [2.45, 2.75) is 149 Å². The molecule has 3 fully saturated rings. The minimum Gasteiger partial charge on any atom is -0.457 e. The van der Waals surface area contributed by atoms with Crippen molar-refractivity contribution in [1.29, 1.82) is 0 Å². The third-order valence-electron chi connectivity index (χ3n) is 11.2. The van der Waals surface area contributed by atoms with E-state index >= 15 is 0 Å². The number of esters is 1. The Morgan fingerprint density at radius 3 is 2.19 bits per heavy atom. The Morgan fingerprint density at radius 2 is 1.67 bits per heavy atom. The van der Waals surface area contributed by atoms with Crippen LogP contribution in [0.15, 0.2) is 0 Å². The summed E-state index contributed by atoms with van der Waals surface area (Å²) in [5.74, 6) is -3.83. The maximum Gasteiger partial charge on any atom is 0.411 e. The predicted octanol–water partition coefficient (Wildman–Crippen LogP) is 2.93. The monoisotopic (exact) mass is 683 g/mol. The van der Waals surface area contributed by atoms with E-state index in [2.05, 4.69) is 0 Å². The van der Waals surface area contributed by atoms with Crippen LogP contribution >= 0.6 is 0 Å². The molecule has 3 saturated heterocycles. The second-order valence-electron chi connectivity index (χ2n) is 15.5. The van der Waals surface area contributed by atoms with E-state index in [1.807, 2.05) is 25.9 Å². The van der Waals surface area contributed by atoms with Crippen LogP contribution in [0.5, 0.6) is 0 Å². The zero-order valence-electron chi connectivity index (χ0n) is 31.3. The minimum atomic E-state index is -1.66. The first-order valence-corrected chi connectivity index (χ1v) is 17.3. The number of hydrogen-bond acceptors (Lipinski definition) is 12. The molecule has 0 aromatic heterocycles. The van der Waals surface area contributed by atoms with Crippen LogP contribution in [0, 0.1) is 23.2 Å². The number of ether oxygens (including phenoxy) is 5. The first-order valence-electron chi connectivity index (χ1n) is 17.3. The molecular weight excluding hydrogens is 622 g/mol. The van der Waals surface area contributed by atoms with Crippen molar-refractivity contribution in [3.8, 4) is 0 Å². The summed E-state index contributed by atoms with van der Waals surface area (Å²) in [5.41, 5.74) is 1.67. The molecular formula is C35H61N3O10.